The Morgan fingerprint density at radius 3 is 2.88 bits per heavy atom. The van der Waals surface area contributed by atoms with Gasteiger partial charge in [-0.2, -0.15) is 4.98 Å². The summed E-state index contributed by atoms with van der Waals surface area (Å²) in [6.45, 7) is 1.79. The summed E-state index contributed by atoms with van der Waals surface area (Å²) in [5, 5.41) is 3.26. The molecule has 10 heteroatoms. The molecule has 3 aromatic rings. The summed E-state index contributed by atoms with van der Waals surface area (Å²) in [4.78, 5) is 37.8. The maximum absolute atomic E-state index is 12.3. The SMILES string of the molecule is CCc1cc(=O)oc2nc(OCc3ccccc3ON=[N+]=[N-])[nH]c(=O)c12. The van der Waals surface area contributed by atoms with Crippen LogP contribution in [0.15, 0.2) is 49.6 Å². The Morgan fingerprint density at radius 2 is 2.12 bits per heavy atom. The van der Waals surface area contributed by atoms with Gasteiger partial charge in [-0.05, 0) is 23.6 Å². The largest absolute Gasteiger partial charge is 0.460 e. The number of benzene rings is 1. The maximum Gasteiger partial charge on any atom is 0.337 e. The van der Waals surface area contributed by atoms with Crippen molar-refractivity contribution in [2.24, 2.45) is 5.28 Å². The second kappa shape index (κ2) is 7.41. The van der Waals surface area contributed by atoms with Gasteiger partial charge in [0, 0.05) is 16.5 Å². The van der Waals surface area contributed by atoms with E-state index in [-0.39, 0.29) is 23.7 Å². The van der Waals surface area contributed by atoms with Gasteiger partial charge in [0.05, 0.1) is 0 Å². The number of hydrogen-bond donors (Lipinski definition) is 1. The number of nitrogens with one attached hydrogen (secondary N) is 1. The second-order valence-corrected chi connectivity index (χ2v) is 5.15. The maximum atomic E-state index is 12.3. The van der Waals surface area contributed by atoms with Crippen LogP contribution in [0.3, 0.4) is 0 Å². The number of ether oxygens (including phenoxy) is 1. The smallest absolute Gasteiger partial charge is 0.337 e. The van der Waals surface area contributed by atoms with E-state index in [0.29, 0.717) is 23.3 Å². The van der Waals surface area contributed by atoms with Crippen molar-refractivity contribution < 1.29 is 14.0 Å². The minimum atomic E-state index is -0.591. The molecule has 0 radical (unpaired) electrons. The monoisotopic (exact) mass is 355 g/mol. The third-order valence-electron chi connectivity index (χ3n) is 3.57. The van der Waals surface area contributed by atoms with Crippen molar-refractivity contribution >= 4 is 11.1 Å². The molecule has 0 fully saturated rings. The predicted octanol–water partition coefficient (Wildman–Crippen LogP) is 2.62. The van der Waals surface area contributed by atoms with Crippen LogP contribution in [0.25, 0.3) is 21.5 Å². The van der Waals surface area contributed by atoms with Crippen LogP contribution in [0.4, 0.5) is 0 Å². The van der Waals surface area contributed by atoms with Crippen LogP contribution in [-0.2, 0) is 13.0 Å². The molecule has 132 valence electrons. The van der Waals surface area contributed by atoms with Crippen LogP contribution in [0.2, 0.25) is 0 Å². The third-order valence-corrected chi connectivity index (χ3v) is 3.57. The number of aromatic nitrogens is 2. The van der Waals surface area contributed by atoms with E-state index >= 15 is 0 Å². The molecular weight excluding hydrogens is 342 g/mol. The molecule has 0 saturated carbocycles. The van der Waals surface area contributed by atoms with Gasteiger partial charge in [0.2, 0.25) is 5.71 Å². The number of nitrogens with zero attached hydrogens (tertiary/aromatic N) is 4. The molecule has 0 saturated heterocycles. The number of para-hydroxylation sites is 1. The first-order valence-corrected chi connectivity index (χ1v) is 7.61. The normalized spacial score (nSPS) is 10.3. The Balaban J connectivity index is 1.92. The van der Waals surface area contributed by atoms with Gasteiger partial charge in [0.15, 0.2) is 0 Å². The summed E-state index contributed by atoms with van der Waals surface area (Å²) >= 11 is 0. The molecular formula is C16H13N5O5. The lowest BCUT2D eigenvalue weighted by atomic mass is 10.1. The van der Waals surface area contributed by atoms with Crippen molar-refractivity contribution in [2.75, 3.05) is 0 Å². The van der Waals surface area contributed by atoms with Crippen LogP contribution in [0, 0.1) is 0 Å². The Labute approximate surface area is 145 Å². The first-order chi connectivity index (χ1) is 12.6. The molecule has 2 aromatic heterocycles. The van der Waals surface area contributed by atoms with Crippen LogP contribution in [0.5, 0.6) is 11.8 Å². The van der Waals surface area contributed by atoms with Crippen molar-refractivity contribution in [1.82, 2.24) is 9.97 Å². The average molecular weight is 355 g/mol. The topological polar surface area (TPSA) is 143 Å². The molecule has 0 bridgehead atoms. The molecule has 10 nitrogen and oxygen atoms in total. The van der Waals surface area contributed by atoms with E-state index in [1.54, 1.807) is 24.3 Å². The fourth-order valence-electron chi connectivity index (χ4n) is 2.40. The predicted molar refractivity (Wildman–Crippen MR) is 90.8 cm³/mol. The Bertz CT molecular complexity index is 1110. The molecule has 0 unspecified atom stereocenters. The summed E-state index contributed by atoms with van der Waals surface area (Å²) in [5.74, 6) is 0.299. The summed E-state index contributed by atoms with van der Waals surface area (Å²) in [5.41, 5.74) is 8.30. The van der Waals surface area contributed by atoms with E-state index in [1.165, 1.54) is 6.07 Å². The van der Waals surface area contributed by atoms with E-state index in [1.807, 2.05) is 6.92 Å². The quantitative estimate of drug-likeness (QED) is 0.311. The molecule has 0 atom stereocenters. The Kier molecular flexibility index (Phi) is 4.86. The van der Waals surface area contributed by atoms with Crippen LogP contribution >= 0.6 is 0 Å². The fraction of sp³-hybridized carbons (Fsp3) is 0.188. The zero-order valence-electron chi connectivity index (χ0n) is 13.6. The molecule has 0 spiro atoms. The number of aromatic amines is 1. The Hall–Kier alpha value is -3.78. The first kappa shape index (κ1) is 17.1. The summed E-state index contributed by atoms with van der Waals surface area (Å²) in [7, 11) is 0. The van der Waals surface area contributed by atoms with Crippen LogP contribution < -0.4 is 20.8 Å². The number of fused-ring (bicyclic) bond motifs is 1. The highest BCUT2D eigenvalue weighted by molar-refractivity contribution is 5.75. The average Bonchev–Trinajstić information content (AvgIpc) is 2.64. The number of azide groups is 1. The van der Waals surface area contributed by atoms with E-state index in [4.69, 9.17) is 19.5 Å². The van der Waals surface area contributed by atoms with Crippen molar-refractivity contribution in [3.8, 4) is 11.8 Å². The lowest BCUT2D eigenvalue weighted by Gasteiger charge is -2.09. The van der Waals surface area contributed by atoms with Gasteiger partial charge >= 0.3 is 5.63 Å². The zero-order chi connectivity index (χ0) is 18.5. The van der Waals surface area contributed by atoms with Crippen molar-refractivity contribution in [3.05, 3.63) is 72.7 Å². The molecule has 0 aliphatic rings. The number of hydrogen-bond acceptors (Lipinski definition) is 7. The Morgan fingerprint density at radius 1 is 1.31 bits per heavy atom. The second-order valence-electron chi connectivity index (χ2n) is 5.15. The van der Waals surface area contributed by atoms with Crippen molar-refractivity contribution in [2.45, 2.75) is 20.0 Å². The summed E-state index contributed by atoms with van der Waals surface area (Å²) in [6, 6.07) is 7.88. The van der Waals surface area contributed by atoms with E-state index in [9.17, 15) is 9.59 Å². The van der Waals surface area contributed by atoms with E-state index in [0.717, 1.165) is 0 Å². The lowest BCUT2D eigenvalue weighted by Crippen LogP contribution is -2.15. The van der Waals surface area contributed by atoms with Gasteiger partial charge in [-0.1, -0.05) is 25.1 Å². The molecule has 26 heavy (non-hydrogen) atoms. The van der Waals surface area contributed by atoms with E-state index in [2.05, 4.69) is 20.2 Å². The number of rotatable bonds is 6. The van der Waals surface area contributed by atoms with Crippen LogP contribution in [-0.4, -0.2) is 9.97 Å². The first-order valence-electron chi connectivity index (χ1n) is 7.61. The minimum absolute atomic E-state index is 0.0245. The van der Waals surface area contributed by atoms with Crippen LogP contribution in [0.1, 0.15) is 18.1 Å². The summed E-state index contributed by atoms with van der Waals surface area (Å²) in [6.07, 6.45) is 0.483. The molecule has 0 aliphatic heterocycles. The molecule has 1 aromatic carbocycles. The van der Waals surface area contributed by atoms with Crippen molar-refractivity contribution in [3.63, 3.8) is 0 Å². The minimum Gasteiger partial charge on any atom is -0.460 e. The molecule has 0 amide bonds. The highest BCUT2D eigenvalue weighted by Gasteiger charge is 2.13. The van der Waals surface area contributed by atoms with Gasteiger partial charge in [-0.25, -0.2) is 4.79 Å². The fourth-order valence-corrected chi connectivity index (χ4v) is 2.40. The molecule has 2 heterocycles. The van der Waals surface area contributed by atoms with Crippen molar-refractivity contribution in [1.29, 1.82) is 0 Å². The standard InChI is InChI=1S/C16H13N5O5/c1-2-9-7-12(22)25-15-13(9)14(23)18-16(19-15)24-8-10-5-3-4-6-11(10)26-21-20-17/h3-7H,2,8H2,1H3,(H,18,19,23). The lowest BCUT2D eigenvalue weighted by molar-refractivity contribution is 0.265. The number of H-pyrrole nitrogens is 1. The molecule has 1 N–H and O–H groups in total. The molecule has 3 rings (SSSR count). The van der Waals surface area contributed by atoms with Gasteiger partial charge in [0.25, 0.3) is 11.6 Å². The van der Waals surface area contributed by atoms with E-state index < -0.39 is 11.2 Å². The summed E-state index contributed by atoms with van der Waals surface area (Å²) < 4.78 is 10.5. The van der Waals surface area contributed by atoms with Gasteiger partial charge in [-0.3, -0.25) is 9.78 Å². The zero-order valence-corrected chi connectivity index (χ0v) is 13.6. The van der Waals surface area contributed by atoms with Gasteiger partial charge in [0.1, 0.15) is 23.0 Å². The van der Waals surface area contributed by atoms with Gasteiger partial charge in [-0.15, -0.1) is 0 Å². The highest BCUT2D eigenvalue weighted by atomic mass is 16.6. The molecule has 0 aliphatic carbocycles. The third kappa shape index (κ3) is 3.50. The number of aryl methyl sites for hydroxylation is 1. The van der Waals surface area contributed by atoms with Gasteiger partial charge < -0.3 is 14.0 Å². The highest BCUT2D eigenvalue weighted by Crippen LogP contribution is 2.20.